The summed E-state index contributed by atoms with van der Waals surface area (Å²) in [6, 6.07) is 7.32. The molecule has 1 aliphatic heterocycles. The summed E-state index contributed by atoms with van der Waals surface area (Å²) >= 11 is 0. The van der Waals surface area contributed by atoms with Crippen LogP contribution in [0.2, 0.25) is 0 Å². The Morgan fingerprint density at radius 2 is 1.88 bits per heavy atom. The van der Waals surface area contributed by atoms with E-state index in [0.717, 1.165) is 11.3 Å². The Labute approximate surface area is 146 Å². The zero-order chi connectivity index (χ0) is 17.8. The molecule has 0 unspecified atom stereocenters. The highest BCUT2D eigenvalue weighted by atomic mass is 16.2. The van der Waals surface area contributed by atoms with Crippen LogP contribution in [-0.2, 0) is 9.59 Å². The van der Waals surface area contributed by atoms with Crippen molar-refractivity contribution in [3.8, 4) is 11.4 Å². The first-order valence-electron chi connectivity index (χ1n) is 8.48. The first kappa shape index (κ1) is 17.1. The predicted octanol–water partition coefficient (Wildman–Crippen LogP) is 1.70. The van der Waals surface area contributed by atoms with Crippen LogP contribution in [0.5, 0.6) is 0 Å². The number of nitrogens with one attached hydrogen (secondary N) is 2. The molecule has 1 fully saturated rings. The van der Waals surface area contributed by atoms with E-state index in [1.54, 1.807) is 0 Å². The van der Waals surface area contributed by atoms with Crippen LogP contribution in [0.3, 0.4) is 0 Å². The van der Waals surface area contributed by atoms with Crippen LogP contribution in [0.1, 0.15) is 26.7 Å². The molecule has 1 aliphatic rings. The van der Waals surface area contributed by atoms with E-state index in [-0.39, 0.29) is 23.7 Å². The standard InChI is InChI=1S/C17H22N6O2/c1-11(2)17(25)23-9-7-13(8-10-23)16(24)18-14-5-3-12(4-6-14)15-19-21-22-20-15/h3-6,11,13H,7-10H2,1-2H3,(H,18,24)(H,19,20,21,22). The fourth-order valence-corrected chi connectivity index (χ4v) is 2.96. The van der Waals surface area contributed by atoms with Gasteiger partial charge in [0.1, 0.15) is 0 Å². The number of aromatic nitrogens is 4. The molecule has 0 atom stereocenters. The van der Waals surface area contributed by atoms with Gasteiger partial charge in [-0.1, -0.05) is 13.8 Å². The van der Waals surface area contributed by atoms with Crippen molar-refractivity contribution in [2.24, 2.45) is 11.8 Å². The first-order chi connectivity index (χ1) is 12.0. The third-order valence-electron chi connectivity index (χ3n) is 4.43. The lowest BCUT2D eigenvalue weighted by molar-refractivity contribution is -0.137. The molecule has 0 spiro atoms. The number of anilines is 1. The molecule has 1 saturated heterocycles. The van der Waals surface area contributed by atoms with Crippen molar-refractivity contribution in [1.29, 1.82) is 0 Å². The van der Waals surface area contributed by atoms with E-state index in [1.165, 1.54) is 0 Å². The van der Waals surface area contributed by atoms with E-state index >= 15 is 0 Å². The molecule has 8 heteroatoms. The fraction of sp³-hybridized carbons (Fsp3) is 0.471. The quantitative estimate of drug-likeness (QED) is 0.880. The minimum absolute atomic E-state index is 0.00287. The van der Waals surface area contributed by atoms with E-state index in [9.17, 15) is 9.59 Å². The number of H-pyrrole nitrogens is 1. The number of rotatable bonds is 4. The van der Waals surface area contributed by atoms with Gasteiger partial charge in [-0.05, 0) is 42.3 Å². The molecule has 1 aromatic heterocycles. The Morgan fingerprint density at radius 1 is 1.20 bits per heavy atom. The van der Waals surface area contributed by atoms with E-state index in [4.69, 9.17) is 0 Å². The first-order valence-corrected chi connectivity index (χ1v) is 8.48. The molecule has 0 saturated carbocycles. The zero-order valence-corrected chi connectivity index (χ0v) is 14.4. The normalized spacial score (nSPS) is 15.4. The van der Waals surface area contributed by atoms with Crippen molar-refractivity contribution in [2.45, 2.75) is 26.7 Å². The number of benzene rings is 1. The minimum Gasteiger partial charge on any atom is -0.342 e. The molecule has 2 N–H and O–H groups in total. The molecule has 132 valence electrons. The molecule has 3 rings (SSSR count). The predicted molar refractivity (Wildman–Crippen MR) is 92.4 cm³/mol. The second-order valence-corrected chi connectivity index (χ2v) is 6.56. The summed E-state index contributed by atoms with van der Waals surface area (Å²) in [6.07, 6.45) is 1.40. The Morgan fingerprint density at radius 3 is 2.44 bits per heavy atom. The number of hydrogen-bond acceptors (Lipinski definition) is 5. The number of piperidine rings is 1. The summed E-state index contributed by atoms with van der Waals surface area (Å²) in [6.45, 7) is 5.09. The van der Waals surface area contributed by atoms with Crippen LogP contribution in [-0.4, -0.2) is 50.4 Å². The van der Waals surface area contributed by atoms with Gasteiger partial charge < -0.3 is 10.2 Å². The van der Waals surface area contributed by atoms with E-state index in [0.29, 0.717) is 31.8 Å². The maximum atomic E-state index is 12.4. The Kier molecular flexibility index (Phi) is 5.06. The van der Waals surface area contributed by atoms with Gasteiger partial charge in [-0.2, -0.15) is 5.21 Å². The van der Waals surface area contributed by atoms with Gasteiger partial charge in [0.05, 0.1) is 0 Å². The van der Waals surface area contributed by atoms with Crippen molar-refractivity contribution in [1.82, 2.24) is 25.5 Å². The average molecular weight is 342 g/mol. The summed E-state index contributed by atoms with van der Waals surface area (Å²) in [5, 5.41) is 16.7. The van der Waals surface area contributed by atoms with Crippen molar-refractivity contribution in [3.63, 3.8) is 0 Å². The topological polar surface area (TPSA) is 104 Å². The van der Waals surface area contributed by atoms with Gasteiger partial charge >= 0.3 is 0 Å². The molecule has 2 amide bonds. The van der Waals surface area contributed by atoms with Crippen LogP contribution in [0, 0.1) is 11.8 Å². The van der Waals surface area contributed by atoms with Crippen LogP contribution in [0.15, 0.2) is 24.3 Å². The number of tetrazole rings is 1. The Hall–Kier alpha value is -2.77. The summed E-state index contributed by atoms with van der Waals surface area (Å²) in [5.41, 5.74) is 1.56. The molecule has 2 aromatic rings. The zero-order valence-electron chi connectivity index (χ0n) is 14.4. The maximum Gasteiger partial charge on any atom is 0.227 e. The van der Waals surface area contributed by atoms with E-state index < -0.39 is 0 Å². The fourth-order valence-electron chi connectivity index (χ4n) is 2.96. The SMILES string of the molecule is CC(C)C(=O)N1CCC(C(=O)Nc2ccc(-c3nn[nH]n3)cc2)CC1. The van der Waals surface area contributed by atoms with Gasteiger partial charge in [0, 0.05) is 36.2 Å². The molecule has 0 radical (unpaired) electrons. The molecule has 25 heavy (non-hydrogen) atoms. The van der Waals surface area contributed by atoms with Crippen molar-refractivity contribution < 1.29 is 9.59 Å². The molecule has 0 aliphatic carbocycles. The summed E-state index contributed by atoms with van der Waals surface area (Å²) < 4.78 is 0. The van der Waals surface area contributed by atoms with Gasteiger partial charge in [-0.15, -0.1) is 10.2 Å². The second-order valence-electron chi connectivity index (χ2n) is 6.56. The Balaban J connectivity index is 1.54. The van der Waals surface area contributed by atoms with E-state index in [1.807, 2.05) is 43.0 Å². The molecule has 0 bridgehead atoms. The number of carbonyl (C=O) groups excluding carboxylic acids is 2. The maximum absolute atomic E-state index is 12.4. The lowest BCUT2D eigenvalue weighted by Crippen LogP contribution is -2.43. The van der Waals surface area contributed by atoms with Crippen LogP contribution < -0.4 is 5.32 Å². The number of nitrogens with zero attached hydrogens (tertiary/aromatic N) is 4. The highest BCUT2D eigenvalue weighted by molar-refractivity contribution is 5.93. The largest absolute Gasteiger partial charge is 0.342 e. The summed E-state index contributed by atoms with van der Waals surface area (Å²) in [5.74, 6) is 0.621. The van der Waals surface area contributed by atoms with Gasteiger partial charge in [0.2, 0.25) is 17.6 Å². The minimum atomic E-state index is -0.0619. The highest BCUT2D eigenvalue weighted by Gasteiger charge is 2.28. The third-order valence-corrected chi connectivity index (χ3v) is 4.43. The average Bonchev–Trinajstić information content (AvgIpc) is 3.16. The summed E-state index contributed by atoms with van der Waals surface area (Å²) in [7, 11) is 0. The Bertz CT molecular complexity index is 718. The highest BCUT2D eigenvalue weighted by Crippen LogP contribution is 2.22. The van der Waals surface area contributed by atoms with Crippen molar-refractivity contribution in [3.05, 3.63) is 24.3 Å². The molecule has 8 nitrogen and oxygen atoms in total. The van der Waals surface area contributed by atoms with Crippen molar-refractivity contribution in [2.75, 3.05) is 18.4 Å². The molecule has 1 aromatic carbocycles. The summed E-state index contributed by atoms with van der Waals surface area (Å²) in [4.78, 5) is 26.3. The number of aromatic amines is 1. The smallest absolute Gasteiger partial charge is 0.227 e. The van der Waals surface area contributed by atoms with Gasteiger partial charge in [0.15, 0.2) is 0 Å². The number of carbonyl (C=O) groups is 2. The number of likely N-dealkylation sites (tertiary alicyclic amines) is 1. The number of amides is 2. The van der Waals surface area contributed by atoms with Gasteiger partial charge in [-0.25, -0.2) is 0 Å². The van der Waals surface area contributed by atoms with Crippen LogP contribution in [0.25, 0.3) is 11.4 Å². The lowest BCUT2D eigenvalue weighted by Gasteiger charge is -2.32. The second kappa shape index (κ2) is 7.42. The molecule has 2 heterocycles. The van der Waals surface area contributed by atoms with Crippen LogP contribution >= 0.6 is 0 Å². The lowest BCUT2D eigenvalue weighted by atomic mass is 9.95. The third kappa shape index (κ3) is 4.01. The number of hydrogen-bond donors (Lipinski definition) is 2. The van der Waals surface area contributed by atoms with E-state index in [2.05, 4.69) is 25.9 Å². The molecular weight excluding hydrogens is 320 g/mol. The van der Waals surface area contributed by atoms with Gasteiger partial charge in [0.25, 0.3) is 0 Å². The monoisotopic (exact) mass is 342 g/mol. The van der Waals surface area contributed by atoms with Gasteiger partial charge in [-0.3, -0.25) is 9.59 Å². The molecular formula is C17H22N6O2. The van der Waals surface area contributed by atoms with Crippen LogP contribution in [0.4, 0.5) is 5.69 Å². The van der Waals surface area contributed by atoms with Crippen molar-refractivity contribution >= 4 is 17.5 Å².